The van der Waals surface area contributed by atoms with Gasteiger partial charge in [-0.3, -0.25) is 17.9 Å². The van der Waals surface area contributed by atoms with Gasteiger partial charge in [0, 0.05) is 70.9 Å². The van der Waals surface area contributed by atoms with E-state index in [4.69, 9.17) is 34.9 Å². The van der Waals surface area contributed by atoms with Crippen LogP contribution in [0.3, 0.4) is 0 Å². The van der Waals surface area contributed by atoms with Crippen LogP contribution in [-0.2, 0) is 0 Å². The quantitative estimate of drug-likeness (QED) is 0.134. The fourth-order valence-electron chi connectivity index (χ4n) is 17.5. The van der Waals surface area contributed by atoms with E-state index in [1.165, 1.54) is 10.9 Å². The molecule has 0 saturated heterocycles. The molecule has 11 nitrogen and oxygen atoms in total. The molecular weight excluding hydrogens is 1420 g/mol. The monoisotopic (exact) mass is 1480 g/mol. The number of hydrogen-bond acceptors (Lipinski definition) is 7. The molecule has 0 spiro atoms. The van der Waals surface area contributed by atoms with Crippen molar-refractivity contribution in [1.82, 2.24) is 52.8 Å². The smallest absolute Gasteiger partial charge is 0.221 e. The van der Waals surface area contributed by atoms with Gasteiger partial charge in [-0.15, -0.1) is 0 Å². The predicted molar refractivity (Wildman–Crippen MR) is 477 cm³/mol. The standard InChI is InChI=1S/C53H33N5.C52H32N6/c1-3-16-34(17-4-1)38-31-47(35-18-5-2-6-19-35)54-48(32-38)37-21-15-20-36(30-37)43-33-44-40-23-10-13-28-49(40)57(51(44)41-24-8-7-22-39(41)43)53-56-45-26-11-9-25-42(45)52-55-46-27-12-14-29-50(46)58(52)53;1-3-16-33(17-4-1)45-32-46(34-18-5-2-6-19-34)54-50(53-45)36-21-15-20-35(30-36)41-31-42-38-23-10-13-28-47(38)57(49(42)39-24-8-7-22-37(39)41)52-56-43-26-11-9-25-40(43)51-55-44-27-12-14-29-48(44)58(51)52/h1-33H;1-32H. The van der Waals surface area contributed by atoms with Crippen molar-refractivity contribution in [2.45, 2.75) is 0 Å². The van der Waals surface area contributed by atoms with Crippen molar-refractivity contribution in [2.75, 3.05) is 0 Å². The van der Waals surface area contributed by atoms with E-state index in [0.29, 0.717) is 5.82 Å². The number of pyridine rings is 1. The predicted octanol–water partition coefficient (Wildman–Crippen LogP) is 26.1. The molecule has 0 bridgehead atoms. The van der Waals surface area contributed by atoms with Gasteiger partial charge in [0.15, 0.2) is 5.82 Å². The lowest BCUT2D eigenvalue weighted by Gasteiger charge is -2.15. The first kappa shape index (κ1) is 66.0. The van der Waals surface area contributed by atoms with Crippen molar-refractivity contribution in [1.29, 1.82) is 0 Å². The molecule has 0 aliphatic rings. The van der Waals surface area contributed by atoms with Gasteiger partial charge in [0.05, 0.1) is 77.9 Å². The summed E-state index contributed by atoms with van der Waals surface area (Å²) in [5.41, 5.74) is 27.6. The van der Waals surface area contributed by atoms with Crippen LogP contribution in [0.5, 0.6) is 0 Å². The van der Waals surface area contributed by atoms with Gasteiger partial charge in [-0.2, -0.15) is 0 Å². The second-order valence-corrected chi connectivity index (χ2v) is 29.5. The van der Waals surface area contributed by atoms with Gasteiger partial charge >= 0.3 is 0 Å². The van der Waals surface area contributed by atoms with E-state index >= 15 is 0 Å². The summed E-state index contributed by atoms with van der Waals surface area (Å²) in [5, 5.41) is 11.3. The highest BCUT2D eigenvalue weighted by Crippen LogP contribution is 2.46. The number of benzene rings is 16. The highest BCUT2D eigenvalue weighted by Gasteiger charge is 2.27. The summed E-state index contributed by atoms with van der Waals surface area (Å²) in [6, 6.07) is 139. The molecule has 0 amide bonds. The number of rotatable bonds is 10. The fourth-order valence-corrected chi connectivity index (χ4v) is 17.5. The molecule has 0 radical (unpaired) electrons. The van der Waals surface area contributed by atoms with Gasteiger partial charge < -0.3 is 0 Å². The van der Waals surface area contributed by atoms with E-state index in [9.17, 15) is 0 Å². The highest BCUT2D eigenvalue weighted by molar-refractivity contribution is 6.24. The van der Waals surface area contributed by atoms with Crippen molar-refractivity contribution >= 4 is 120 Å². The van der Waals surface area contributed by atoms with Crippen LogP contribution in [-0.4, -0.2) is 52.8 Å². The topological polar surface area (TPSA) is 109 Å². The molecule has 8 aromatic heterocycles. The Labute approximate surface area is 664 Å². The van der Waals surface area contributed by atoms with Crippen molar-refractivity contribution in [3.05, 3.63) is 394 Å². The number of nitrogens with zero attached hydrogens (tertiary/aromatic N) is 11. The lowest BCUT2D eigenvalue weighted by molar-refractivity contribution is 0.981. The summed E-state index contributed by atoms with van der Waals surface area (Å²) in [4.78, 5) is 36.8. The van der Waals surface area contributed by atoms with Crippen LogP contribution in [0, 0.1) is 0 Å². The number of para-hydroxylation sites is 8. The zero-order valence-electron chi connectivity index (χ0n) is 62.4. The third-order valence-electron chi connectivity index (χ3n) is 22.8. The Balaban J connectivity index is 0.000000137. The summed E-state index contributed by atoms with van der Waals surface area (Å²) in [5.74, 6) is 2.30. The molecule has 16 aromatic carbocycles. The number of fused-ring (bicyclic) bond motifs is 20. The van der Waals surface area contributed by atoms with Crippen molar-refractivity contribution in [3.8, 4) is 102 Å². The minimum atomic E-state index is 0.683. The van der Waals surface area contributed by atoms with Gasteiger partial charge in [0.1, 0.15) is 11.3 Å². The van der Waals surface area contributed by atoms with Gasteiger partial charge in [-0.1, -0.05) is 291 Å². The fraction of sp³-hybridized carbons (Fsp3) is 0. The van der Waals surface area contributed by atoms with Crippen LogP contribution in [0.4, 0.5) is 0 Å². The molecule has 0 atom stereocenters. The first-order valence-electron chi connectivity index (χ1n) is 39.1. The zero-order chi connectivity index (χ0) is 76.3. The second kappa shape index (κ2) is 27.0. The average Bonchev–Trinajstić information content (AvgIpc) is 1.55. The Bertz CT molecular complexity index is 7490. The van der Waals surface area contributed by atoms with E-state index in [-0.39, 0.29) is 0 Å². The molecule has 0 fully saturated rings. The number of hydrogen-bond donors (Lipinski definition) is 0. The molecule has 8 heterocycles. The van der Waals surface area contributed by atoms with E-state index in [2.05, 4.69) is 376 Å². The molecule has 0 aliphatic carbocycles. The lowest BCUT2D eigenvalue weighted by atomic mass is 9.93. The molecule has 24 aromatic rings. The van der Waals surface area contributed by atoms with Crippen molar-refractivity contribution in [3.63, 3.8) is 0 Å². The summed E-state index contributed by atoms with van der Waals surface area (Å²) < 4.78 is 9.15. The lowest BCUT2D eigenvalue weighted by Crippen LogP contribution is -2.06. The van der Waals surface area contributed by atoms with E-state index in [1.54, 1.807) is 0 Å². The first-order chi connectivity index (χ1) is 57.5. The van der Waals surface area contributed by atoms with Gasteiger partial charge in [-0.05, 0) is 147 Å². The molecule has 0 saturated carbocycles. The normalized spacial score (nSPS) is 11.8. The van der Waals surface area contributed by atoms with Crippen LogP contribution in [0.15, 0.2) is 394 Å². The van der Waals surface area contributed by atoms with Crippen LogP contribution in [0.1, 0.15) is 0 Å². The molecule has 540 valence electrons. The maximum atomic E-state index is 5.44. The number of aromatic nitrogens is 11. The first-order valence-corrected chi connectivity index (χ1v) is 39.1. The Morgan fingerprint density at radius 2 is 0.500 bits per heavy atom. The Morgan fingerprint density at radius 3 is 0.957 bits per heavy atom. The van der Waals surface area contributed by atoms with Crippen molar-refractivity contribution < 1.29 is 0 Å². The molecular formula is C105H65N11. The van der Waals surface area contributed by atoms with Gasteiger partial charge in [0.25, 0.3) is 0 Å². The summed E-state index contributed by atoms with van der Waals surface area (Å²) >= 11 is 0. The SMILES string of the molecule is c1ccc(-c2cc(-c3ccccc3)nc(-c3cccc(-c4cc5c6ccccc6n(-c6nc7ccccc7c7nc8ccccc8n67)c5c5ccccc45)c3)c2)cc1.c1ccc(-c2cc(-c3ccccc3)nc(-c3cccc(-c4cc5c6ccccc6n(-c6nc7ccccc7c7nc8ccccc8n67)c5c5ccccc45)c3)n2)cc1. The van der Waals surface area contributed by atoms with E-state index in [1.807, 2.05) is 36.4 Å². The molecule has 0 N–H and O–H groups in total. The Hall–Kier alpha value is -15.9. The summed E-state index contributed by atoms with van der Waals surface area (Å²) in [6.45, 7) is 0. The van der Waals surface area contributed by atoms with E-state index in [0.717, 1.165) is 205 Å². The van der Waals surface area contributed by atoms with E-state index < -0.39 is 0 Å². The van der Waals surface area contributed by atoms with Crippen LogP contribution < -0.4 is 0 Å². The van der Waals surface area contributed by atoms with Crippen molar-refractivity contribution in [2.24, 2.45) is 0 Å². The zero-order valence-corrected chi connectivity index (χ0v) is 62.4. The summed E-state index contributed by atoms with van der Waals surface area (Å²) in [6.07, 6.45) is 0. The Kier molecular flexibility index (Phi) is 15.3. The molecule has 24 rings (SSSR count). The molecule has 0 aliphatic heterocycles. The number of imidazole rings is 2. The minimum absolute atomic E-state index is 0.683. The van der Waals surface area contributed by atoms with Crippen LogP contribution in [0.2, 0.25) is 0 Å². The molecule has 0 unspecified atom stereocenters. The van der Waals surface area contributed by atoms with Gasteiger partial charge in [-0.25, -0.2) is 34.9 Å². The third-order valence-corrected chi connectivity index (χ3v) is 22.8. The molecule has 116 heavy (non-hydrogen) atoms. The van der Waals surface area contributed by atoms with Gasteiger partial charge in [0.2, 0.25) is 11.9 Å². The van der Waals surface area contributed by atoms with Crippen LogP contribution >= 0.6 is 0 Å². The third kappa shape index (κ3) is 10.9. The van der Waals surface area contributed by atoms with Crippen LogP contribution in [0.25, 0.3) is 222 Å². The maximum Gasteiger partial charge on any atom is 0.221 e. The largest absolute Gasteiger partial charge is 0.278 e. The highest BCUT2D eigenvalue weighted by atomic mass is 15.2. The average molecular weight is 1480 g/mol. The molecule has 11 heteroatoms. The second-order valence-electron chi connectivity index (χ2n) is 29.5. The Morgan fingerprint density at radius 1 is 0.172 bits per heavy atom. The summed E-state index contributed by atoms with van der Waals surface area (Å²) in [7, 11) is 0. The maximum absolute atomic E-state index is 5.44. The minimum Gasteiger partial charge on any atom is -0.278 e.